The number of imide groups is 1. The van der Waals surface area contributed by atoms with Crippen molar-refractivity contribution in [3.8, 4) is 0 Å². The Morgan fingerprint density at radius 3 is 2.36 bits per heavy atom. The standard InChI is InChI=1S/C15H27N3O4/c1-3-7-12(14(20)21)16-10(2)13(19)18-15(22)17-11-8-5-4-6-9-11/h10-12,16H,3-9H2,1-2H3,(H,20,21)(H2,17,18,19,22). The number of hydrogen-bond donors (Lipinski definition) is 4. The van der Waals surface area contributed by atoms with E-state index in [1.54, 1.807) is 6.92 Å². The van der Waals surface area contributed by atoms with Gasteiger partial charge >= 0.3 is 12.0 Å². The van der Waals surface area contributed by atoms with Crippen LogP contribution in [0.15, 0.2) is 0 Å². The molecule has 2 atom stereocenters. The van der Waals surface area contributed by atoms with E-state index in [-0.39, 0.29) is 6.04 Å². The first-order chi connectivity index (χ1) is 10.4. The van der Waals surface area contributed by atoms with Gasteiger partial charge in [0.2, 0.25) is 5.91 Å². The van der Waals surface area contributed by atoms with Crippen molar-refractivity contribution in [1.29, 1.82) is 0 Å². The van der Waals surface area contributed by atoms with Crippen molar-refractivity contribution in [1.82, 2.24) is 16.0 Å². The second kappa shape index (κ2) is 9.40. The van der Waals surface area contributed by atoms with Crippen LogP contribution in [-0.2, 0) is 9.59 Å². The van der Waals surface area contributed by atoms with Crippen LogP contribution in [0.3, 0.4) is 0 Å². The molecule has 7 nitrogen and oxygen atoms in total. The third-order valence-electron chi connectivity index (χ3n) is 3.90. The van der Waals surface area contributed by atoms with Gasteiger partial charge in [-0.3, -0.25) is 20.2 Å². The molecule has 1 fully saturated rings. The molecule has 0 aromatic carbocycles. The Bertz CT molecular complexity index is 394. The van der Waals surface area contributed by atoms with E-state index in [0.717, 1.165) is 25.7 Å². The van der Waals surface area contributed by atoms with Gasteiger partial charge in [-0.1, -0.05) is 32.6 Å². The van der Waals surface area contributed by atoms with Crippen molar-refractivity contribution in [3.63, 3.8) is 0 Å². The largest absolute Gasteiger partial charge is 0.480 e. The number of hydrogen-bond acceptors (Lipinski definition) is 4. The quantitative estimate of drug-likeness (QED) is 0.568. The molecule has 7 heteroatoms. The molecule has 2 unspecified atom stereocenters. The first kappa shape index (κ1) is 18.4. The van der Waals surface area contributed by atoms with Gasteiger partial charge in [0.05, 0.1) is 6.04 Å². The number of carbonyl (C=O) groups excluding carboxylic acids is 2. The number of carbonyl (C=O) groups is 3. The van der Waals surface area contributed by atoms with E-state index < -0.39 is 30.0 Å². The lowest BCUT2D eigenvalue weighted by atomic mass is 9.96. The number of rotatable bonds is 7. The zero-order chi connectivity index (χ0) is 16.5. The van der Waals surface area contributed by atoms with Gasteiger partial charge in [0.15, 0.2) is 0 Å². The van der Waals surface area contributed by atoms with Crippen LogP contribution in [0.2, 0.25) is 0 Å². The molecule has 0 radical (unpaired) electrons. The molecule has 4 N–H and O–H groups in total. The highest BCUT2D eigenvalue weighted by Gasteiger charge is 2.24. The minimum atomic E-state index is -0.992. The molecule has 0 saturated heterocycles. The molecule has 22 heavy (non-hydrogen) atoms. The average Bonchev–Trinajstić information content (AvgIpc) is 2.47. The zero-order valence-electron chi connectivity index (χ0n) is 13.4. The number of aliphatic carboxylic acids is 1. The molecule has 1 rings (SSSR count). The average molecular weight is 313 g/mol. The van der Waals surface area contributed by atoms with Crippen LogP contribution in [-0.4, -0.2) is 41.1 Å². The Morgan fingerprint density at radius 2 is 1.82 bits per heavy atom. The van der Waals surface area contributed by atoms with Crippen LogP contribution >= 0.6 is 0 Å². The van der Waals surface area contributed by atoms with Crippen LogP contribution in [0.25, 0.3) is 0 Å². The van der Waals surface area contributed by atoms with Gasteiger partial charge in [-0.05, 0) is 26.2 Å². The molecule has 0 aromatic rings. The minimum Gasteiger partial charge on any atom is -0.480 e. The lowest BCUT2D eigenvalue weighted by Crippen LogP contribution is -2.53. The van der Waals surface area contributed by atoms with Crippen molar-refractivity contribution in [2.45, 2.75) is 76.9 Å². The maximum atomic E-state index is 11.9. The van der Waals surface area contributed by atoms with Crippen molar-refractivity contribution >= 4 is 17.9 Å². The number of amides is 3. The third kappa shape index (κ3) is 6.43. The Labute approximate surface area is 131 Å². The summed E-state index contributed by atoms with van der Waals surface area (Å²) in [5.41, 5.74) is 0. The fraction of sp³-hybridized carbons (Fsp3) is 0.800. The van der Waals surface area contributed by atoms with E-state index in [2.05, 4.69) is 16.0 Å². The number of urea groups is 1. The molecule has 0 aliphatic heterocycles. The van der Waals surface area contributed by atoms with Crippen molar-refractivity contribution < 1.29 is 19.5 Å². The molecule has 0 spiro atoms. The van der Waals surface area contributed by atoms with E-state index >= 15 is 0 Å². The molecular weight excluding hydrogens is 286 g/mol. The molecule has 0 heterocycles. The topological polar surface area (TPSA) is 108 Å². The SMILES string of the molecule is CCCC(NC(C)C(=O)NC(=O)NC1CCCCC1)C(=O)O. The lowest BCUT2D eigenvalue weighted by molar-refractivity contribution is -0.140. The first-order valence-corrected chi connectivity index (χ1v) is 8.04. The molecular formula is C15H27N3O4. The van der Waals surface area contributed by atoms with E-state index in [1.807, 2.05) is 6.92 Å². The van der Waals surface area contributed by atoms with Crippen LogP contribution in [0.4, 0.5) is 4.79 Å². The fourth-order valence-electron chi connectivity index (χ4n) is 2.63. The van der Waals surface area contributed by atoms with Gasteiger partial charge < -0.3 is 10.4 Å². The van der Waals surface area contributed by atoms with Gasteiger partial charge in [0.1, 0.15) is 6.04 Å². The smallest absolute Gasteiger partial charge is 0.321 e. The number of carboxylic acid groups (broad SMARTS) is 1. The summed E-state index contributed by atoms with van der Waals surface area (Å²) < 4.78 is 0. The molecule has 1 saturated carbocycles. The molecule has 0 bridgehead atoms. The second-order valence-corrected chi connectivity index (χ2v) is 5.87. The minimum absolute atomic E-state index is 0.122. The van der Waals surface area contributed by atoms with Gasteiger partial charge in [-0.15, -0.1) is 0 Å². The summed E-state index contributed by atoms with van der Waals surface area (Å²) in [7, 11) is 0. The summed E-state index contributed by atoms with van der Waals surface area (Å²) in [6, 6.07) is -1.92. The highest BCUT2D eigenvalue weighted by molar-refractivity contribution is 5.97. The van der Waals surface area contributed by atoms with Gasteiger partial charge in [-0.25, -0.2) is 4.79 Å². The highest BCUT2D eigenvalue weighted by atomic mass is 16.4. The van der Waals surface area contributed by atoms with E-state index in [1.165, 1.54) is 6.42 Å². The predicted molar refractivity (Wildman–Crippen MR) is 82.5 cm³/mol. The normalized spacial score (nSPS) is 18.3. The van der Waals surface area contributed by atoms with E-state index in [0.29, 0.717) is 12.8 Å². The highest BCUT2D eigenvalue weighted by Crippen LogP contribution is 2.17. The van der Waals surface area contributed by atoms with Crippen molar-refractivity contribution in [2.75, 3.05) is 0 Å². The maximum absolute atomic E-state index is 11.9. The van der Waals surface area contributed by atoms with E-state index in [4.69, 9.17) is 5.11 Å². The fourth-order valence-corrected chi connectivity index (χ4v) is 2.63. The maximum Gasteiger partial charge on any atom is 0.321 e. The van der Waals surface area contributed by atoms with E-state index in [9.17, 15) is 14.4 Å². The van der Waals surface area contributed by atoms with Crippen LogP contribution in [0.1, 0.15) is 58.8 Å². The van der Waals surface area contributed by atoms with Crippen LogP contribution < -0.4 is 16.0 Å². The van der Waals surface area contributed by atoms with Crippen LogP contribution in [0.5, 0.6) is 0 Å². The lowest BCUT2D eigenvalue weighted by Gasteiger charge is -2.23. The Kier molecular flexibility index (Phi) is 7.87. The van der Waals surface area contributed by atoms with Gasteiger partial charge in [0.25, 0.3) is 0 Å². The Hall–Kier alpha value is -1.63. The zero-order valence-corrected chi connectivity index (χ0v) is 13.4. The van der Waals surface area contributed by atoms with Crippen molar-refractivity contribution in [2.24, 2.45) is 0 Å². The van der Waals surface area contributed by atoms with Gasteiger partial charge in [0, 0.05) is 6.04 Å². The summed E-state index contributed by atoms with van der Waals surface area (Å²) in [5, 5.41) is 16.9. The summed E-state index contributed by atoms with van der Waals surface area (Å²) >= 11 is 0. The summed E-state index contributed by atoms with van der Waals surface area (Å²) in [5.74, 6) is -1.51. The predicted octanol–water partition coefficient (Wildman–Crippen LogP) is 1.38. The molecule has 1 aliphatic carbocycles. The summed E-state index contributed by atoms with van der Waals surface area (Å²) in [6.45, 7) is 3.43. The molecule has 126 valence electrons. The molecule has 0 aromatic heterocycles. The number of carboxylic acids is 1. The summed E-state index contributed by atoms with van der Waals surface area (Å²) in [4.78, 5) is 34.8. The monoisotopic (exact) mass is 313 g/mol. The van der Waals surface area contributed by atoms with Crippen LogP contribution in [0, 0.1) is 0 Å². The third-order valence-corrected chi connectivity index (χ3v) is 3.90. The van der Waals surface area contributed by atoms with Crippen molar-refractivity contribution in [3.05, 3.63) is 0 Å². The molecule has 3 amide bonds. The number of nitrogens with one attached hydrogen (secondary N) is 3. The Balaban J connectivity index is 2.38. The Morgan fingerprint density at radius 1 is 1.18 bits per heavy atom. The summed E-state index contributed by atoms with van der Waals surface area (Å²) in [6.07, 6.45) is 6.37. The second-order valence-electron chi connectivity index (χ2n) is 5.87. The first-order valence-electron chi connectivity index (χ1n) is 8.04. The van der Waals surface area contributed by atoms with Gasteiger partial charge in [-0.2, -0.15) is 0 Å². The molecule has 1 aliphatic rings.